The van der Waals surface area contributed by atoms with Crippen LogP contribution in [0.1, 0.15) is 11.4 Å². The molecule has 1 heterocycles. The van der Waals surface area contributed by atoms with Crippen LogP contribution in [0.15, 0.2) is 23.1 Å². The lowest BCUT2D eigenvalue weighted by Crippen LogP contribution is -2.38. The van der Waals surface area contributed by atoms with Crippen molar-refractivity contribution in [1.29, 1.82) is 10.5 Å². The first-order chi connectivity index (χ1) is 13.1. The number of thioether (sulfide) groups is 1. The molecule has 0 aliphatic carbocycles. The maximum Gasteiger partial charge on any atom is 0.350 e. The number of aliphatic imine (C=N–C) groups is 1. The van der Waals surface area contributed by atoms with E-state index in [1.54, 1.807) is 24.2 Å². The number of hydrogen-bond donors (Lipinski definition) is 4. The first-order valence-corrected chi connectivity index (χ1v) is 9.19. The number of methoxy groups -OCH3 is 1. The van der Waals surface area contributed by atoms with Crippen LogP contribution < -0.4 is 16.0 Å². The predicted molar refractivity (Wildman–Crippen MR) is 102 cm³/mol. The minimum Gasteiger partial charge on any atom is -0.465 e. The molecule has 144 valence electrons. The number of aromatic amines is 1. The zero-order valence-corrected chi connectivity index (χ0v) is 16.0. The summed E-state index contributed by atoms with van der Waals surface area (Å²) in [5.74, 6) is 1.26. The van der Waals surface area contributed by atoms with Gasteiger partial charge >= 0.3 is 5.97 Å². The van der Waals surface area contributed by atoms with E-state index in [1.807, 2.05) is 13.1 Å². The van der Waals surface area contributed by atoms with Crippen LogP contribution in [0.3, 0.4) is 0 Å². The van der Waals surface area contributed by atoms with Gasteiger partial charge in [0.05, 0.1) is 25.7 Å². The Hall–Kier alpha value is -3.18. The van der Waals surface area contributed by atoms with Crippen molar-refractivity contribution in [3.63, 3.8) is 0 Å². The van der Waals surface area contributed by atoms with E-state index >= 15 is 0 Å². The van der Waals surface area contributed by atoms with Crippen molar-refractivity contribution < 1.29 is 9.53 Å². The quantitative estimate of drug-likeness (QED) is 0.0639. The van der Waals surface area contributed by atoms with Gasteiger partial charge in [-0.05, 0) is 6.92 Å². The van der Waals surface area contributed by atoms with E-state index in [1.165, 1.54) is 13.3 Å². The number of nitrogens with one attached hydrogen (secondary N) is 4. The van der Waals surface area contributed by atoms with Crippen LogP contribution >= 0.6 is 11.8 Å². The normalized spacial score (nSPS) is 11.3. The molecule has 1 rings (SSSR count). The molecule has 0 aromatic carbocycles. The summed E-state index contributed by atoms with van der Waals surface area (Å²) >= 11 is 1.71. The molecular formula is C16H22N8O2S. The Kier molecular flexibility index (Phi) is 10.6. The number of carbonyl (C=O) groups excluding carboxylic acids is 1. The standard InChI is InChI=1S/C16H22N8O2S/c1-12-14(24-11-23-12)9-27-6-5-21-16(22-10-18)20-4-3-19-8-13(7-17)15(25)26-2/h8,11,19H,3-6,9H2,1-2H3,(H,23,24)(H2,20,21,22)/b13-8+. The molecule has 0 aliphatic heterocycles. The Morgan fingerprint density at radius 2 is 2.30 bits per heavy atom. The molecule has 0 saturated carbocycles. The highest BCUT2D eigenvalue weighted by Crippen LogP contribution is 2.11. The van der Waals surface area contributed by atoms with Gasteiger partial charge < -0.3 is 20.4 Å². The van der Waals surface area contributed by atoms with Crippen LogP contribution in [0.4, 0.5) is 0 Å². The molecule has 0 amide bonds. The molecule has 0 saturated heterocycles. The number of aromatic nitrogens is 2. The Bertz CT molecular complexity index is 744. The van der Waals surface area contributed by atoms with E-state index in [2.05, 4.69) is 35.6 Å². The Morgan fingerprint density at radius 1 is 1.48 bits per heavy atom. The monoisotopic (exact) mass is 390 g/mol. The lowest BCUT2D eigenvalue weighted by Gasteiger charge is -2.08. The number of carbonyl (C=O) groups is 1. The summed E-state index contributed by atoms with van der Waals surface area (Å²) in [6.07, 6.45) is 4.79. The first kappa shape index (κ1) is 21.9. The second kappa shape index (κ2) is 13.1. The van der Waals surface area contributed by atoms with Crippen LogP contribution in [0.2, 0.25) is 0 Å². The van der Waals surface area contributed by atoms with Crippen LogP contribution in [-0.4, -0.2) is 54.4 Å². The van der Waals surface area contributed by atoms with Gasteiger partial charge in [-0.15, -0.1) is 0 Å². The lowest BCUT2D eigenvalue weighted by atomic mass is 10.3. The average Bonchev–Trinajstić information content (AvgIpc) is 3.08. The van der Waals surface area contributed by atoms with Crippen molar-refractivity contribution >= 4 is 23.7 Å². The van der Waals surface area contributed by atoms with Crippen LogP contribution in [-0.2, 0) is 15.3 Å². The van der Waals surface area contributed by atoms with Gasteiger partial charge in [-0.1, -0.05) is 0 Å². The number of H-pyrrole nitrogens is 1. The number of hydrogen-bond acceptors (Lipinski definition) is 8. The van der Waals surface area contributed by atoms with Gasteiger partial charge in [0.1, 0.15) is 6.07 Å². The molecule has 10 nitrogen and oxygen atoms in total. The van der Waals surface area contributed by atoms with Gasteiger partial charge in [-0.25, -0.2) is 9.78 Å². The number of rotatable bonds is 10. The highest BCUT2D eigenvalue weighted by Gasteiger charge is 2.07. The number of ether oxygens (including phenoxy) is 1. The highest BCUT2D eigenvalue weighted by atomic mass is 32.2. The minimum absolute atomic E-state index is 0.120. The summed E-state index contributed by atoms with van der Waals surface area (Å²) in [5.41, 5.74) is 1.97. The zero-order valence-electron chi connectivity index (χ0n) is 15.2. The molecule has 0 unspecified atom stereocenters. The first-order valence-electron chi connectivity index (χ1n) is 8.04. The number of guanidine groups is 1. The zero-order chi connectivity index (χ0) is 19.9. The number of nitriles is 2. The number of nitrogens with zero attached hydrogens (tertiary/aromatic N) is 4. The fourth-order valence-corrected chi connectivity index (χ4v) is 2.64. The largest absolute Gasteiger partial charge is 0.465 e. The van der Waals surface area contributed by atoms with Crippen molar-refractivity contribution in [2.45, 2.75) is 12.7 Å². The average molecular weight is 390 g/mol. The van der Waals surface area contributed by atoms with Gasteiger partial charge in [-0.2, -0.15) is 22.3 Å². The summed E-state index contributed by atoms with van der Waals surface area (Å²) in [5, 5.41) is 25.9. The topological polar surface area (TPSA) is 151 Å². The number of aryl methyl sites for hydroxylation is 1. The van der Waals surface area contributed by atoms with E-state index in [-0.39, 0.29) is 5.57 Å². The van der Waals surface area contributed by atoms with Gasteiger partial charge in [0.2, 0.25) is 5.96 Å². The third-order valence-electron chi connectivity index (χ3n) is 3.19. The van der Waals surface area contributed by atoms with Crippen LogP contribution in [0.25, 0.3) is 0 Å². The number of imidazole rings is 1. The molecule has 1 aromatic heterocycles. The molecule has 0 aliphatic rings. The minimum atomic E-state index is -0.700. The van der Waals surface area contributed by atoms with Crippen LogP contribution in [0, 0.1) is 29.7 Å². The van der Waals surface area contributed by atoms with E-state index in [0.717, 1.165) is 22.9 Å². The Morgan fingerprint density at radius 3 is 2.93 bits per heavy atom. The highest BCUT2D eigenvalue weighted by molar-refractivity contribution is 7.98. The second-order valence-electron chi connectivity index (χ2n) is 5.04. The van der Waals surface area contributed by atoms with Crippen molar-refractivity contribution in [1.82, 2.24) is 25.9 Å². The summed E-state index contributed by atoms with van der Waals surface area (Å²) in [7, 11) is 1.21. The fraction of sp³-hybridized carbons (Fsp3) is 0.438. The van der Waals surface area contributed by atoms with Crippen molar-refractivity contribution in [2.24, 2.45) is 4.99 Å². The van der Waals surface area contributed by atoms with Crippen molar-refractivity contribution in [2.75, 3.05) is 32.5 Å². The lowest BCUT2D eigenvalue weighted by molar-refractivity contribution is -0.135. The van der Waals surface area contributed by atoms with E-state index in [0.29, 0.717) is 25.6 Å². The van der Waals surface area contributed by atoms with Crippen molar-refractivity contribution in [3.05, 3.63) is 29.5 Å². The van der Waals surface area contributed by atoms with Gasteiger partial charge in [0, 0.05) is 36.5 Å². The Balaban J connectivity index is 2.30. The summed E-state index contributed by atoms with van der Waals surface area (Å²) in [4.78, 5) is 22.8. The van der Waals surface area contributed by atoms with Gasteiger partial charge in [-0.3, -0.25) is 10.3 Å². The SMILES string of the molecule is COC(=O)/C(C#N)=C/NCCNC(=NCCSCc1nc[nH]c1C)NC#N. The Labute approximate surface area is 162 Å². The molecule has 11 heteroatoms. The third-order valence-corrected chi connectivity index (χ3v) is 4.14. The molecule has 27 heavy (non-hydrogen) atoms. The van der Waals surface area contributed by atoms with E-state index in [9.17, 15) is 4.79 Å². The van der Waals surface area contributed by atoms with Gasteiger partial charge in [0.15, 0.2) is 11.8 Å². The molecular weight excluding hydrogens is 368 g/mol. The maximum absolute atomic E-state index is 11.2. The molecule has 0 atom stereocenters. The van der Waals surface area contributed by atoms with E-state index < -0.39 is 5.97 Å². The summed E-state index contributed by atoms with van der Waals surface area (Å²) in [6.45, 7) is 3.37. The molecule has 4 N–H and O–H groups in total. The summed E-state index contributed by atoms with van der Waals surface area (Å²) in [6, 6.07) is 1.74. The number of esters is 1. The smallest absolute Gasteiger partial charge is 0.350 e. The molecule has 0 radical (unpaired) electrons. The molecule has 0 fully saturated rings. The van der Waals surface area contributed by atoms with Crippen molar-refractivity contribution in [3.8, 4) is 12.3 Å². The summed E-state index contributed by atoms with van der Waals surface area (Å²) < 4.78 is 4.47. The van der Waals surface area contributed by atoms with Gasteiger partial charge in [0.25, 0.3) is 0 Å². The maximum atomic E-state index is 11.2. The fourth-order valence-electron chi connectivity index (χ4n) is 1.79. The van der Waals surface area contributed by atoms with Crippen LogP contribution in [0.5, 0.6) is 0 Å². The second-order valence-corrected chi connectivity index (χ2v) is 6.14. The third kappa shape index (κ3) is 8.65. The molecule has 1 aromatic rings. The molecule has 0 bridgehead atoms. The molecule has 0 spiro atoms. The van der Waals surface area contributed by atoms with E-state index in [4.69, 9.17) is 10.5 Å². The predicted octanol–water partition coefficient (Wildman–Crippen LogP) is 0.138.